The van der Waals surface area contributed by atoms with Crippen LogP contribution in [0.2, 0.25) is 0 Å². The molecule has 0 amide bonds. The van der Waals surface area contributed by atoms with Gasteiger partial charge in [0.15, 0.2) is 0 Å². The van der Waals surface area contributed by atoms with Gasteiger partial charge in [0.1, 0.15) is 5.75 Å². The molecule has 4 aromatic rings. The normalized spacial score (nSPS) is 11.4. The van der Waals surface area contributed by atoms with E-state index in [1.807, 2.05) is 60.7 Å². The van der Waals surface area contributed by atoms with E-state index in [0.717, 1.165) is 43.2 Å². The molecule has 0 aliphatic heterocycles. The topological polar surface area (TPSA) is 66.8 Å². The molecule has 0 atom stereocenters. The van der Waals surface area contributed by atoms with Gasteiger partial charge in [-0.15, -0.1) is 0 Å². The fraction of sp³-hybridized carbons (Fsp3) is 0.200. The molecule has 180 valence electrons. The summed E-state index contributed by atoms with van der Waals surface area (Å²) in [5.41, 5.74) is 6.90. The molecule has 0 aliphatic rings. The van der Waals surface area contributed by atoms with Crippen LogP contribution < -0.4 is 4.52 Å². The lowest BCUT2D eigenvalue weighted by Gasteiger charge is -2.20. The second-order valence-corrected chi connectivity index (χ2v) is 9.88. The third kappa shape index (κ3) is 7.66. The highest BCUT2D eigenvalue weighted by Gasteiger charge is 2.22. The Labute approximate surface area is 207 Å². The summed E-state index contributed by atoms with van der Waals surface area (Å²) in [6, 6.07) is 34.5. The van der Waals surface area contributed by atoms with Crippen LogP contribution in [0, 0.1) is 0 Å². The summed E-state index contributed by atoms with van der Waals surface area (Å²) in [5.74, 6) is 0.279. The molecule has 0 saturated carbocycles. The van der Waals surface area contributed by atoms with Crippen molar-refractivity contribution in [2.45, 2.75) is 38.5 Å². The Balaban J connectivity index is 1.69. The highest BCUT2D eigenvalue weighted by molar-refractivity contribution is 7.46. The molecular weight excluding hydrogens is 455 g/mol. The Morgan fingerprint density at radius 3 is 1.40 bits per heavy atom. The van der Waals surface area contributed by atoms with Gasteiger partial charge in [0, 0.05) is 0 Å². The Bertz CT molecular complexity index is 1250. The summed E-state index contributed by atoms with van der Waals surface area (Å²) in [6.07, 6.45) is 4.77. The lowest BCUT2D eigenvalue weighted by Crippen LogP contribution is -2.08. The molecule has 4 rings (SSSR count). The Hall–Kier alpha value is -3.17. The van der Waals surface area contributed by atoms with Gasteiger partial charge >= 0.3 is 7.82 Å². The minimum absolute atomic E-state index is 0.279. The molecule has 5 heteroatoms. The van der Waals surface area contributed by atoms with Crippen LogP contribution >= 0.6 is 7.82 Å². The first-order valence-corrected chi connectivity index (χ1v) is 13.5. The molecule has 0 radical (unpaired) electrons. The van der Waals surface area contributed by atoms with Gasteiger partial charge in [-0.1, -0.05) is 97.1 Å². The Morgan fingerprint density at radius 2 is 0.943 bits per heavy atom. The van der Waals surface area contributed by atoms with Crippen LogP contribution in [0.15, 0.2) is 103 Å². The first-order chi connectivity index (χ1) is 17.0. The Kier molecular flexibility index (Phi) is 8.54. The van der Waals surface area contributed by atoms with Crippen LogP contribution in [0.1, 0.15) is 33.4 Å². The van der Waals surface area contributed by atoms with Crippen LogP contribution in [-0.4, -0.2) is 9.79 Å². The fourth-order valence-corrected chi connectivity index (χ4v) is 4.93. The zero-order chi connectivity index (χ0) is 24.5. The lowest BCUT2D eigenvalue weighted by atomic mass is 9.88. The minimum Gasteiger partial charge on any atom is -0.404 e. The molecule has 4 nitrogen and oxygen atoms in total. The van der Waals surface area contributed by atoms with Crippen molar-refractivity contribution in [2.24, 2.45) is 0 Å². The van der Waals surface area contributed by atoms with E-state index in [-0.39, 0.29) is 5.75 Å². The molecule has 0 saturated heterocycles. The SMILES string of the molecule is O=P(O)(O)Oc1ccc(CCc2ccccc2)c(CCc2ccccc2)c1CCc1ccccc1. The van der Waals surface area contributed by atoms with E-state index >= 15 is 0 Å². The van der Waals surface area contributed by atoms with Gasteiger partial charge in [-0.3, -0.25) is 9.79 Å². The predicted molar refractivity (Wildman–Crippen MR) is 141 cm³/mol. The van der Waals surface area contributed by atoms with Gasteiger partial charge in [0.25, 0.3) is 0 Å². The van der Waals surface area contributed by atoms with E-state index in [1.54, 1.807) is 6.07 Å². The third-order valence-electron chi connectivity index (χ3n) is 6.24. The standard InChI is InChI=1S/C30H31O4P/c31-35(32,33)34-30-23-20-27(19-16-24-10-4-1-5-11-24)28(21-17-25-12-6-2-7-13-25)29(30)22-18-26-14-8-3-9-15-26/h1-15,20,23H,16-19,21-22H2,(H2,31,32,33). The first-order valence-electron chi connectivity index (χ1n) is 12.0. The maximum Gasteiger partial charge on any atom is 0.524 e. The highest BCUT2D eigenvalue weighted by atomic mass is 31.2. The van der Waals surface area contributed by atoms with Gasteiger partial charge in [-0.2, -0.15) is 0 Å². The van der Waals surface area contributed by atoms with Gasteiger partial charge < -0.3 is 4.52 Å². The predicted octanol–water partition coefficient (Wildman–Crippen LogP) is 6.51. The largest absolute Gasteiger partial charge is 0.524 e. The van der Waals surface area contributed by atoms with Crippen LogP contribution in [0.5, 0.6) is 5.75 Å². The van der Waals surface area contributed by atoms with Crippen molar-refractivity contribution in [3.8, 4) is 5.75 Å². The number of phosphoric ester groups is 1. The van der Waals surface area contributed by atoms with E-state index in [9.17, 15) is 14.4 Å². The fourth-order valence-electron chi connectivity index (χ4n) is 4.51. The summed E-state index contributed by atoms with van der Waals surface area (Å²) in [6.45, 7) is 0. The average Bonchev–Trinajstić information content (AvgIpc) is 2.87. The van der Waals surface area contributed by atoms with Crippen molar-refractivity contribution in [3.63, 3.8) is 0 Å². The number of benzene rings is 4. The van der Waals surface area contributed by atoms with Crippen LogP contribution in [0.3, 0.4) is 0 Å². The molecule has 35 heavy (non-hydrogen) atoms. The molecule has 0 aromatic heterocycles. The Morgan fingerprint density at radius 1 is 0.514 bits per heavy atom. The van der Waals surface area contributed by atoms with Crippen LogP contribution in [0.25, 0.3) is 0 Å². The summed E-state index contributed by atoms with van der Waals surface area (Å²) in [7, 11) is -4.69. The second kappa shape index (κ2) is 12.0. The van der Waals surface area contributed by atoms with Crippen LogP contribution in [0.4, 0.5) is 0 Å². The van der Waals surface area contributed by atoms with E-state index in [2.05, 4.69) is 36.4 Å². The smallest absolute Gasteiger partial charge is 0.404 e. The van der Waals surface area contributed by atoms with Gasteiger partial charge in [-0.05, 0) is 78.0 Å². The summed E-state index contributed by atoms with van der Waals surface area (Å²) in [5, 5.41) is 0. The third-order valence-corrected chi connectivity index (χ3v) is 6.68. The number of hydrogen-bond donors (Lipinski definition) is 2. The number of phosphoric acid groups is 1. The first kappa shape index (κ1) is 24.9. The van der Waals surface area contributed by atoms with Gasteiger partial charge in [0.2, 0.25) is 0 Å². The average molecular weight is 487 g/mol. The van der Waals surface area contributed by atoms with Crippen molar-refractivity contribution >= 4 is 7.82 Å². The monoisotopic (exact) mass is 486 g/mol. The molecule has 0 bridgehead atoms. The molecule has 0 aliphatic carbocycles. The van der Waals surface area contributed by atoms with E-state index in [0.29, 0.717) is 6.42 Å². The van der Waals surface area contributed by atoms with E-state index in [1.165, 1.54) is 22.3 Å². The number of rotatable bonds is 11. The molecule has 0 spiro atoms. The van der Waals surface area contributed by atoms with Crippen molar-refractivity contribution in [1.82, 2.24) is 0 Å². The summed E-state index contributed by atoms with van der Waals surface area (Å²) in [4.78, 5) is 19.2. The van der Waals surface area contributed by atoms with Crippen molar-refractivity contribution < 1.29 is 18.9 Å². The molecular formula is C30H31O4P. The molecule has 0 fully saturated rings. The van der Waals surface area contributed by atoms with Crippen molar-refractivity contribution in [3.05, 3.63) is 137 Å². The highest BCUT2D eigenvalue weighted by Crippen LogP contribution is 2.41. The zero-order valence-corrected chi connectivity index (χ0v) is 20.6. The summed E-state index contributed by atoms with van der Waals surface area (Å²) >= 11 is 0. The molecule has 0 unspecified atom stereocenters. The quantitative estimate of drug-likeness (QED) is 0.237. The van der Waals surface area contributed by atoms with E-state index in [4.69, 9.17) is 4.52 Å². The summed E-state index contributed by atoms with van der Waals surface area (Å²) < 4.78 is 17.0. The minimum atomic E-state index is -4.69. The second-order valence-electron chi connectivity index (χ2n) is 8.72. The van der Waals surface area contributed by atoms with Crippen molar-refractivity contribution in [2.75, 3.05) is 0 Å². The van der Waals surface area contributed by atoms with E-state index < -0.39 is 7.82 Å². The number of hydrogen-bond acceptors (Lipinski definition) is 2. The maximum atomic E-state index is 11.8. The van der Waals surface area contributed by atoms with Crippen LogP contribution in [-0.2, 0) is 43.1 Å². The lowest BCUT2D eigenvalue weighted by molar-refractivity contribution is 0.282. The molecule has 2 N–H and O–H groups in total. The zero-order valence-electron chi connectivity index (χ0n) is 19.7. The van der Waals surface area contributed by atoms with Gasteiger partial charge in [-0.25, -0.2) is 4.57 Å². The number of aryl methyl sites for hydroxylation is 4. The van der Waals surface area contributed by atoms with Gasteiger partial charge in [0.05, 0.1) is 0 Å². The molecule has 4 aromatic carbocycles. The molecule has 0 heterocycles. The maximum absolute atomic E-state index is 11.8. The van der Waals surface area contributed by atoms with Crippen molar-refractivity contribution in [1.29, 1.82) is 0 Å².